The van der Waals surface area contributed by atoms with Gasteiger partial charge in [0, 0.05) is 17.6 Å². The standard InChI is InChI=1S/C10H8N2O3S/c1-6-5-16-10(11-6)12-4-7(9(14)15)2-3-8(12)13/h2-5H,1H3,(H,14,15). The lowest BCUT2D eigenvalue weighted by Gasteiger charge is -2.01. The average molecular weight is 236 g/mol. The Morgan fingerprint density at radius 1 is 1.50 bits per heavy atom. The number of carboxylic acid groups (broad SMARTS) is 1. The first-order valence-corrected chi connectivity index (χ1v) is 5.34. The van der Waals surface area contributed by atoms with Gasteiger partial charge in [-0.15, -0.1) is 11.3 Å². The van der Waals surface area contributed by atoms with Gasteiger partial charge in [-0.2, -0.15) is 0 Å². The molecule has 16 heavy (non-hydrogen) atoms. The SMILES string of the molecule is Cc1csc(-n2cc(C(=O)O)ccc2=O)n1. The van der Waals surface area contributed by atoms with Crippen LogP contribution in [0.15, 0.2) is 28.5 Å². The van der Waals surface area contributed by atoms with Crippen LogP contribution in [0.3, 0.4) is 0 Å². The highest BCUT2D eigenvalue weighted by molar-refractivity contribution is 7.12. The summed E-state index contributed by atoms with van der Waals surface area (Å²) in [6.45, 7) is 1.81. The van der Waals surface area contributed by atoms with E-state index in [1.807, 2.05) is 6.92 Å². The van der Waals surface area contributed by atoms with E-state index in [-0.39, 0.29) is 11.1 Å². The van der Waals surface area contributed by atoms with E-state index in [9.17, 15) is 9.59 Å². The van der Waals surface area contributed by atoms with Crippen molar-refractivity contribution in [3.63, 3.8) is 0 Å². The third-order valence-electron chi connectivity index (χ3n) is 1.97. The van der Waals surface area contributed by atoms with Crippen molar-refractivity contribution < 1.29 is 9.90 Å². The van der Waals surface area contributed by atoms with Gasteiger partial charge in [0.1, 0.15) is 0 Å². The van der Waals surface area contributed by atoms with Gasteiger partial charge in [0.25, 0.3) is 5.56 Å². The van der Waals surface area contributed by atoms with Crippen LogP contribution >= 0.6 is 11.3 Å². The maximum Gasteiger partial charge on any atom is 0.337 e. The van der Waals surface area contributed by atoms with Crippen molar-refractivity contribution in [3.8, 4) is 5.13 Å². The largest absolute Gasteiger partial charge is 0.478 e. The van der Waals surface area contributed by atoms with Crippen LogP contribution in [-0.2, 0) is 0 Å². The number of carbonyl (C=O) groups is 1. The number of aromatic nitrogens is 2. The van der Waals surface area contributed by atoms with E-state index in [4.69, 9.17) is 5.11 Å². The van der Waals surface area contributed by atoms with E-state index in [0.717, 1.165) is 5.69 Å². The third kappa shape index (κ3) is 1.87. The van der Waals surface area contributed by atoms with Crippen molar-refractivity contribution in [2.75, 3.05) is 0 Å². The van der Waals surface area contributed by atoms with Gasteiger partial charge in [0.05, 0.1) is 11.3 Å². The second-order valence-electron chi connectivity index (χ2n) is 3.20. The average Bonchev–Trinajstić information content (AvgIpc) is 2.65. The van der Waals surface area contributed by atoms with E-state index >= 15 is 0 Å². The van der Waals surface area contributed by atoms with Gasteiger partial charge in [0.2, 0.25) is 0 Å². The van der Waals surface area contributed by atoms with Gasteiger partial charge >= 0.3 is 5.97 Å². The molecule has 0 aromatic carbocycles. The Labute approximate surface area is 94.6 Å². The van der Waals surface area contributed by atoms with E-state index in [2.05, 4.69) is 4.98 Å². The molecule has 0 aliphatic rings. The van der Waals surface area contributed by atoms with Crippen LogP contribution in [-0.4, -0.2) is 20.6 Å². The fraction of sp³-hybridized carbons (Fsp3) is 0.100. The second kappa shape index (κ2) is 3.90. The monoisotopic (exact) mass is 236 g/mol. The number of carboxylic acids is 1. The summed E-state index contributed by atoms with van der Waals surface area (Å²) in [6, 6.07) is 2.50. The first-order chi connectivity index (χ1) is 7.58. The predicted molar refractivity (Wildman–Crippen MR) is 59.4 cm³/mol. The normalized spacial score (nSPS) is 10.3. The molecule has 2 rings (SSSR count). The molecule has 0 fully saturated rings. The topological polar surface area (TPSA) is 72.2 Å². The van der Waals surface area contributed by atoms with Crippen molar-refractivity contribution in [3.05, 3.63) is 45.3 Å². The smallest absolute Gasteiger partial charge is 0.337 e. The van der Waals surface area contributed by atoms with Crippen LogP contribution in [0.5, 0.6) is 0 Å². The minimum Gasteiger partial charge on any atom is -0.478 e. The van der Waals surface area contributed by atoms with Crippen molar-refractivity contribution in [2.45, 2.75) is 6.92 Å². The summed E-state index contributed by atoms with van der Waals surface area (Å²) in [4.78, 5) is 26.4. The van der Waals surface area contributed by atoms with Gasteiger partial charge in [-0.1, -0.05) is 0 Å². The molecule has 82 valence electrons. The molecule has 0 spiro atoms. The molecule has 1 N–H and O–H groups in total. The Bertz CT molecular complexity index is 600. The van der Waals surface area contributed by atoms with E-state index in [0.29, 0.717) is 5.13 Å². The highest BCUT2D eigenvalue weighted by atomic mass is 32.1. The number of hydrogen-bond donors (Lipinski definition) is 1. The van der Waals surface area contributed by atoms with Crippen LogP contribution in [0.25, 0.3) is 5.13 Å². The Hall–Kier alpha value is -1.95. The van der Waals surface area contributed by atoms with Crippen LogP contribution in [0.1, 0.15) is 16.1 Å². The van der Waals surface area contributed by atoms with Gasteiger partial charge < -0.3 is 5.11 Å². The minimum atomic E-state index is -1.07. The number of hydrogen-bond acceptors (Lipinski definition) is 4. The molecule has 0 saturated carbocycles. The lowest BCUT2D eigenvalue weighted by atomic mass is 10.3. The van der Waals surface area contributed by atoms with Crippen molar-refractivity contribution in [1.29, 1.82) is 0 Å². The summed E-state index contributed by atoms with van der Waals surface area (Å²) < 4.78 is 1.24. The molecular weight excluding hydrogens is 228 g/mol. The molecule has 0 bridgehead atoms. The number of rotatable bonds is 2. The molecule has 0 saturated heterocycles. The quantitative estimate of drug-likeness (QED) is 0.853. The first kappa shape index (κ1) is 10.6. The number of aromatic carboxylic acids is 1. The molecule has 0 aliphatic heterocycles. The van der Waals surface area contributed by atoms with Crippen molar-refractivity contribution >= 4 is 17.3 Å². The fourth-order valence-corrected chi connectivity index (χ4v) is 2.00. The minimum absolute atomic E-state index is 0.0625. The zero-order valence-electron chi connectivity index (χ0n) is 8.38. The summed E-state index contributed by atoms with van der Waals surface area (Å²) >= 11 is 1.30. The molecule has 0 aliphatic carbocycles. The molecule has 0 amide bonds. The molecule has 5 nitrogen and oxygen atoms in total. The second-order valence-corrected chi connectivity index (χ2v) is 4.04. The van der Waals surface area contributed by atoms with E-state index in [1.165, 1.54) is 34.2 Å². The molecule has 2 aromatic heterocycles. The Morgan fingerprint density at radius 3 is 2.81 bits per heavy atom. The van der Waals surface area contributed by atoms with Gasteiger partial charge in [-0.3, -0.25) is 9.36 Å². The predicted octanol–water partition coefficient (Wildman–Crippen LogP) is 1.30. The maximum absolute atomic E-state index is 11.5. The van der Waals surface area contributed by atoms with Gasteiger partial charge in [-0.05, 0) is 13.0 Å². The van der Waals surface area contributed by atoms with Crippen LogP contribution in [0.2, 0.25) is 0 Å². The Morgan fingerprint density at radius 2 is 2.25 bits per heavy atom. The molecule has 0 radical (unpaired) electrons. The highest BCUT2D eigenvalue weighted by Crippen LogP contribution is 2.12. The van der Waals surface area contributed by atoms with Crippen LogP contribution in [0.4, 0.5) is 0 Å². The molecule has 0 atom stereocenters. The highest BCUT2D eigenvalue weighted by Gasteiger charge is 2.08. The maximum atomic E-state index is 11.5. The Kier molecular flexibility index (Phi) is 2.57. The summed E-state index contributed by atoms with van der Waals surface area (Å²) in [5, 5.41) is 11.1. The van der Waals surface area contributed by atoms with Crippen LogP contribution < -0.4 is 5.56 Å². The van der Waals surface area contributed by atoms with Crippen LogP contribution in [0, 0.1) is 6.92 Å². The van der Waals surface area contributed by atoms with Crippen molar-refractivity contribution in [2.24, 2.45) is 0 Å². The van der Waals surface area contributed by atoms with Gasteiger partial charge in [-0.25, -0.2) is 9.78 Å². The fourth-order valence-electron chi connectivity index (χ4n) is 1.22. The summed E-state index contributed by atoms with van der Waals surface area (Å²) in [5.74, 6) is -1.07. The van der Waals surface area contributed by atoms with Gasteiger partial charge in [0.15, 0.2) is 5.13 Å². The number of pyridine rings is 1. The molecule has 0 unspecified atom stereocenters. The lowest BCUT2D eigenvalue weighted by Crippen LogP contribution is -2.18. The zero-order chi connectivity index (χ0) is 11.7. The first-order valence-electron chi connectivity index (χ1n) is 4.46. The summed E-state index contributed by atoms with van der Waals surface area (Å²) in [5.41, 5.74) is 0.569. The third-order valence-corrected chi connectivity index (χ3v) is 2.93. The molecular formula is C10H8N2O3S. The number of thiazole rings is 1. The molecule has 2 aromatic rings. The molecule has 2 heterocycles. The summed E-state index contributed by atoms with van der Waals surface area (Å²) in [7, 11) is 0. The lowest BCUT2D eigenvalue weighted by molar-refractivity contribution is 0.0696. The number of nitrogens with zero attached hydrogens (tertiary/aromatic N) is 2. The van der Waals surface area contributed by atoms with E-state index < -0.39 is 5.97 Å². The molecule has 6 heteroatoms. The zero-order valence-corrected chi connectivity index (χ0v) is 9.19. The van der Waals surface area contributed by atoms with Crippen molar-refractivity contribution in [1.82, 2.24) is 9.55 Å². The Balaban J connectivity index is 2.60. The summed E-state index contributed by atoms with van der Waals surface area (Å²) in [6.07, 6.45) is 1.28. The number of aryl methyl sites for hydroxylation is 1. The van der Waals surface area contributed by atoms with E-state index in [1.54, 1.807) is 5.38 Å².